The molecule has 7 heteroatoms. The zero-order valence-electron chi connectivity index (χ0n) is 14.7. The van der Waals surface area contributed by atoms with Crippen molar-refractivity contribution in [1.82, 2.24) is 4.90 Å². The van der Waals surface area contributed by atoms with Gasteiger partial charge in [-0.15, -0.1) is 11.3 Å². The highest BCUT2D eigenvalue weighted by Gasteiger charge is 2.34. The highest BCUT2D eigenvalue weighted by atomic mass is 32.1. The molecule has 0 aliphatic carbocycles. The van der Waals surface area contributed by atoms with Gasteiger partial charge in [0.15, 0.2) is 0 Å². The van der Waals surface area contributed by atoms with E-state index in [1.807, 2.05) is 17.5 Å². The largest absolute Gasteiger partial charge is 0.324 e. The zero-order valence-corrected chi connectivity index (χ0v) is 15.5. The molecule has 0 fully saturated rings. The summed E-state index contributed by atoms with van der Waals surface area (Å²) in [6.45, 7) is -0.154. The molecule has 1 atom stereocenters. The van der Waals surface area contributed by atoms with Gasteiger partial charge in [0.2, 0.25) is 11.8 Å². The number of carbonyl (C=O) groups is 2. The van der Waals surface area contributed by atoms with Crippen molar-refractivity contribution in [3.05, 3.63) is 87.6 Å². The van der Waals surface area contributed by atoms with Crippen LogP contribution >= 0.6 is 11.3 Å². The fourth-order valence-corrected chi connectivity index (χ4v) is 4.20. The lowest BCUT2D eigenvalue weighted by Gasteiger charge is -2.29. The molecule has 1 aromatic heterocycles. The fourth-order valence-electron chi connectivity index (χ4n) is 3.34. The van der Waals surface area contributed by atoms with E-state index in [9.17, 15) is 18.4 Å². The molecule has 0 radical (unpaired) electrons. The molecule has 3 aromatic rings. The summed E-state index contributed by atoms with van der Waals surface area (Å²) in [5.74, 6) is -1.47. The van der Waals surface area contributed by atoms with Crippen LogP contribution in [0.3, 0.4) is 0 Å². The van der Waals surface area contributed by atoms with E-state index in [1.165, 1.54) is 46.6 Å². The third kappa shape index (κ3) is 3.66. The fraction of sp³-hybridized carbons (Fsp3) is 0.143. The first-order valence-corrected chi connectivity index (χ1v) is 9.56. The molecule has 4 nitrogen and oxygen atoms in total. The average molecular weight is 398 g/mol. The van der Waals surface area contributed by atoms with Crippen LogP contribution in [0.5, 0.6) is 0 Å². The maximum absolute atomic E-state index is 14.0. The number of hydrogen-bond donors (Lipinski definition) is 1. The van der Waals surface area contributed by atoms with Gasteiger partial charge in [0, 0.05) is 16.1 Å². The first-order valence-electron chi connectivity index (χ1n) is 8.68. The Morgan fingerprint density at radius 1 is 1.11 bits per heavy atom. The highest BCUT2D eigenvalue weighted by Crippen LogP contribution is 2.38. The van der Waals surface area contributed by atoms with Crippen molar-refractivity contribution in [1.29, 1.82) is 0 Å². The smallest absolute Gasteiger partial charge is 0.244 e. The van der Waals surface area contributed by atoms with Gasteiger partial charge < -0.3 is 10.2 Å². The summed E-state index contributed by atoms with van der Waals surface area (Å²) in [6.07, 6.45) is 0.0140. The van der Waals surface area contributed by atoms with Gasteiger partial charge in [-0.05, 0) is 47.3 Å². The van der Waals surface area contributed by atoms with Gasteiger partial charge in [-0.3, -0.25) is 9.59 Å². The zero-order chi connectivity index (χ0) is 19.7. The predicted octanol–water partition coefficient (Wildman–Crippen LogP) is 4.14. The Bertz CT molecular complexity index is 1020. The summed E-state index contributed by atoms with van der Waals surface area (Å²) in [4.78, 5) is 27.8. The van der Waals surface area contributed by atoms with Crippen LogP contribution in [0, 0.1) is 11.6 Å². The number of carbonyl (C=O) groups excluding carboxylic acids is 2. The van der Waals surface area contributed by atoms with E-state index in [4.69, 9.17) is 0 Å². The van der Waals surface area contributed by atoms with Gasteiger partial charge in [-0.25, -0.2) is 8.78 Å². The molecule has 142 valence electrons. The third-order valence-corrected chi connectivity index (χ3v) is 5.53. The molecule has 0 spiro atoms. The maximum atomic E-state index is 14.0. The summed E-state index contributed by atoms with van der Waals surface area (Å²) in [6, 6.07) is 12.9. The minimum Gasteiger partial charge on any atom is -0.324 e. The molecule has 2 aromatic carbocycles. The Morgan fingerprint density at radius 3 is 2.57 bits per heavy atom. The minimum absolute atomic E-state index is 0.0140. The summed E-state index contributed by atoms with van der Waals surface area (Å²) < 4.78 is 27.2. The number of nitrogens with zero attached hydrogens (tertiary/aromatic N) is 1. The van der Waals surface area contributed by atoms with Crippen LogP contribution in [-0.2, 0) is 16.0 Å². The van der Waals surface area contributed by atoms with Crippen LogP contribution < -0.4 is 5.32 Å². The van der Waals surface area contributed by atoms with E-state index in [2.05, 4.69) is 5.32 Å². The van der Waals surface area contributed by atoms with Gasteiger partial charge in [0.1, 0.15) is 18.2 Å². The van der Waals surface area contributed by atoms with Crippen LogP contribution in [0.25, 0.3) is 0 Å². The van der Waals surface area contributed by atoms with Crippen LogP contribution in [-0.4, -0.2) is 23.3 Å². The average Bonchev–Trinajstić information content (AvgIpc) is 3.14. The Hall–Kier alpha value is -3.06. The summed E-state index contributed by atoms with van der Waals surface area (Å²) in [7, 11) is 0. The van der Waals surface area contributed by atoms with Gasteiger partial charge in [0.05, 0.1) is 12.5 Å². The molecule has 1 N–H and O–H groups in total. The Kier molecular flexibility index (Phi) is 4.92. The summed E-state index contributed by atoms with van der Waals surface area (Å²) in [5, 5.41) is 4.63. The summed E-state index contributed by atoms with van der Waals surface area (Å²) in [5.41, 5.74) is 1.66. The molecule has 1 aliphatic rings. The number of rotatable bonds is 3. The van der Waals surface area contributed by atoms with Crippen LogP contribution in [0.15, 0.2) is 60.0 Å². The van der Waals surface area contributed by atoms with Crippen molar-refractivity contribution in [2.75, 3.05) is 11.9 Å². The van der Waals surface area contributed by atoms with Crippen molar-refractivity contribution < 1.29 is 18.4 Å². The van der Waals surface area contributed by atoms with Crippen LogP contribution in [0.1, 0.15) is 22.0 Å². The lowest BCUT2D eigenvalue weighted by molar-refractivity contribution is -0.135. The quantitative estimate of drug-likeness (QED) is 0.721. The number of fused-ring (bicyclic) bond motifs is 1. The molecule has 2 heterocycles. The number of hydrogen-bond acceptors (Lipinski definition) is 3. The second kappa shape index (κ2) is 7.52. The Morgan fingerprint density at radius 2 is 1.86 bits per heavy atom. The van der Waals surface area contributed by atoms with E-state index < -0.39 is 11.9 Å². The number of nitrogens with one attached hydrogen (secondary N) is 1. The van der Waals surface area contributed by atoms with Gasteiger partial charge in [0.25, 0.3) is 0 Å². The SMILES string of the molecule is O=C1CN(C(=O)Cc2ccc(F)cc2)C(c2cccs2)c2cc(F)ccc2N1. The monoisotopic (exact) mass is 398 g/mol. The first-order chi connectivity index (χ1) is 13.5. The van der Waals surface area contributed by atoms with E-state index in [1.54, 1.807) is 12.1 Å². The van der Waals surface area contributed by atoms with E-state index in [0.717, 1.165) is 4.88 Å². The molecule has 2 amide bonds. The standard InChI is InChI=1S/C21H16F2N2O2S/c22-14-5-3-13(4-6-14)10-20(27)25-12-19(26)24-17-8-7-15(23)11-16(17)21(25)18-2-1-9-28-18/h1-9,11,21H,10,12H2,(H,24,26). The number of benzene rings is 2. The van der Waals surface area contributed by atoms with Crippen molar-refractivity contribution in [3.8, 4) is 0 Å². The highest BCUT2D eigenvalue weighted by molar-refractivity contribution is 7.10. The van der Waals surface area contributed by atoms with E-state index in [-0.39, 0.29) is 30.6 Å². The molecule has 0 saturated carbocycles. The van der Waals surface area contributed by atoms with Crippen LogP contribution in [0.4, 0.5) is 14.5 Å². The third-order valence-electron chi connectivity index (χ3n) is 4.61. The molecule has 0 saturated heterocycles. The number of thiophene rings is 1. The number of amides is 2. The molecule has 1 unspecified atom stereocenters. The maximum Gasteiger partial charge on any atom is 0.244 e. The van der Waals surface area contributed by atoms with Crippen molar-refractivity contribution >= 4 is 28.8 Å². The van der Waals surface area contributed by atoms with Crippen molar-refractivity contribution in [2.45, 2.75) is 12.5 Å². The second-order valence-corrected chi connectivity index (χ2v) is 7.50. The van der Waals surface area contributed by atoms with Gasteiger partial charge >= 0.3 is 0 Å². The molecular weight excluding hydrogens is 382 g/mol. The van der Waals surface area contributed by atoms with E-state index in [0.29, 0.717) is 16.8 Å². The second-order valence-electron chi connectivity index (χ2n) is 6.52. The molecule has 1 aliphatic heterocycles. The lowest BCUT2D eigenvalue weighted by Crippen LogP contribution is -2.39. The van der Waals surface area contributed by atoms with Crippen molar-refractivity contribution in [2.24, 2.45) is 0 Å². The summed E-state index contributed by atoms with van der Waals surface area (Å²) >= 11 is 1.43. The van der Waals surface area contributed by atoms with E-state index >= 15 is 0 Å². The minimum atomic E-state index is -0.586. The first kappa shape index (κ1) is 18.3. The molecule has 4 rings (SSSR count). The number of halogens is 2. The topological polar surface area (TPSA) is 49.4 Å². The molecular formula is C21H16F2N2O2S. The predicted molar refractivity (Wildman–Crippen MR) is 103 cm³/mol. The molecule has 28 heavy (non-hydrogen) atoms. The van der Waals surface area contributed by atoms with Gasteiger partial charge in [-0.2, -0.15) is 0 Å². The van der Waals surface area contributed by atoms with Crippen LogP contribution in [0.2, 0.25) is 0 Å². The normalized spacial score (nSPS) is 16.3. The van der Waals surface area contributed by atoms with Crippen molar-refractivity contribution in [3.63, 3.8) is 0 Å². The Balaban J connectivity index is 1.76. The lowest BCUT2D eigenvalue weighted by atomic mass is 10.0. The Labute approximate surface area is 164 Å². The number of anilines is 1. The van der Waals surface area contributed by atoms with Gasteiger partial charge in [-0.1, -0.05) is 18.2 Å². The molecule has 0 bridgehead atoms.